The van der Waals surface area contributed by atoms with Gasteiger partial charge in [-0.3, -0.25) is 4.79 Å². The van der Waals surface area contributed by atoms with E-state index in [4.69, 9.17) is 0 Å². The molecule has 0 fully saturated rings. The van der Waals surface area contributed by atoms with Gasteiger partial charge in [0.2, 0.25) is 0 Å². The zero-order valence-electron chi connectivity index (χ0n) is 13.3. The highest BCUT2D eigenvalue weighted by Gasteiger charge is 2.17. The smallest absolute Gasteiger partial charge is 0.337 e. The Hall–Kier alpha value is -3.16. The molecule has 2 aromatic carbocycles. The first kappa shape index (κ1) is 18.2. The molecule has 0 heterocycles. The number of ether oxygens (including phenoxy) is 1. The molecular formula is C17H13F3N2O3. The van der Waals surface area contributed by atoms with Crippen LogP contribution in [0.2, 0.25) is 0 Å². The molecule has 8 heteroatoms. The third-order valence-electron chi connectivity index (χ3n) is 3.24. The second kappa shape index (κ2) is 7.61. The first-order valence-corrected chi connectivity index (χ1v) is 6.98. The summed E-state index contributed by atoms with van der Waals surface area (Å²) in [6.07, 6.45) is 1.02. The lowest BCUT2D eigenvalue weighted by Gasteiger charge is -2.11. The third kappa shape index (κ3) is 4.23. The molecule has 0 unspecified atom stereocenters. The average molecular weight is 350 g/mol. The van der Waals surface area contributed by atoms with Gasteiger partial charge in [0.1, 0.15) is 17.5 Å². The third-order valence-corrected chi connectivity index (χ3v) is 3.24. The molecule has 0 bridgehead atoms. The maximum atomic E-state index is 13.9. The van der Waals surface area contributed by atoms with Crippen molar-refractivity contribution in [2.75, 3.05) is 14.2 Å². The molecule has 0 aliphatic rings. The van der Waals surface area contributed by atoms with E-state index in [2.05, 4.69) is 9.84 Å². The molecule has 0 saturated carbocycles. The van der Waals surface area contributed by atoms with Crippen molar-refractivity contribution in [3.63, 3.8) is 0 Å². The van der Waals surface area contributed by atoms with Crippen molar-refractivity contribution >= 4 is 18.1 Å². The standard InChI is InChI=1S/C17H13F3N2O3/c1-22(16(23)13-8-12(18)5-6-14(13)19)21-9-11-4-3-10(7-15(11)20)17(24)25-2/h3-9H,1-2H3/b21-9+. The van der Waals surface area contributed by atoms with Gasteiger partial charge in [0.15, 0.2) is 0 Å². The second-order valence-corrected chi connectivity index (χ2v) is 4.93. The van der Waals surface area contributed by atoms with Crippen molar-refractivity contribution in [2.24, 2.45) is 5.10 Å². The normalized spacial score (nSPS) is 10.8. The molecule has 130 valence electrons. The fraction of sp³-hybridized carbons (Fsp3) is 0.118. The van der Waals surface area contributed by atoms with Crippen LogP contribution >= 0.6 is 0 Å². The van der Waals surface area contributed by atoms with E-state index in [1.165, 1.54) is 26.3 Å². The molecule has 0 atom stereocenters. The minimum atomic E-state index is -0.903. The zero-order chi connectivity index (χ0) is 18.6. The highest BCUT2D eigenvalue weighted by molar-refractivity contribution is 5.95. The molecule has 25 heavy (non-hydrogen) atoms. The Morgan fingerprint density at radius 2 is 1.80 bits per heavy atom. The summed E-state index contributed by atoms with van der Waals surface area (Å²) in [4.78, 5) is 23.4. The lowest BCUT2D eigenvalue weighted by Crippen LogP contribution is -2.22. The van der Waals surface area contributed by atoms with Crippen LogP contribution in [-0.4, -0.2) is 37.3 Å². The van der Waals surface area contributed by atoms with Crippen molar-refractivity contribution in [2.45, 2.75) is 0 Å². The number of nitrogens with zero attached hydrogens (tertiary/aromatic N) is 2. The van der Waals surface area contributed by atoms with Crippen molar-refractivity contribution in [3.05, 3.63) is 70.5 Å². The van der Waals surface area contributed by atoms with Crippen LogP contribution in [0.4, 0.5) is 13.2 Å². The molecule has 2 aromatic rings. The fourth-order valence-electron chi connectivity index (χ4n) is 1.91. The van der Waals surface area contributed by atoms with Crippen molar-refractivity contribution in [1.29, 1.82) is 0 Å². The number of carbonyl (C=O) groups is 2. The largest absolute Gasteiger partial charge is 0.465 e. The quantitative estimate of drug-likeness (QED) is 0.484. The molecule has 0 radical (unpaired) electrons. The van der Waals surface area contributed by atoms with E-state index in [0.29, 0.717) is 0 Å². The summed E-state index contributed by atoms with van der Waals surface area (Å²) in [7, 11) is 2.38. The van der Waals surface area contributed by atoms with E-state index in [-0.39, 0.29) is 11.1 Å². The van der Waals surface area contributed by atoms with Gasteiger partial charge in [-0.25, -0.2) is 23.0 Å². The Morgan fingerprint density at radius 3 is 2.44 bits per heavy atom. The van der Waals surface area contributed by atoms with E-state index in [1.807, 2.05) is 0 Å². The van der Waals surface area contributed by atoms with Crippen LogP contribution in [0.5, 0.6) is 0 Å². The predicted molar refractivity (Wildman–Crippen MR) is 83.8 cm³/mol. The van der Waals surface area contributed by atoms with E-state index >= 15 is 0 Å². The minimum Gasteiger partial charge on any atom is -0.465 e. The maximum Gasteiger partial charge on any atom is 0.337 e. The lowest BCUT2D eigenvalue weighted by atomic mass is 10.1. The monoisotopic (exact) mass is 350 g/mol. The molecule has 0 aromatic heterocycles. The van der Waals surface area contributed by atoms with Gasteiger partial charge in [-0.2, -0.15) is 5.10 Å². The van der Waals surface area contributed by atoms with Gasteiger partial charge < -0.3 is 4.74 Å². The molecule has 5 nitrogen and oxygen atoms in total. The van der Waals surface area contributed by atoms with Gasteiger partial charge in [-0.1, -0.05) is 0 Å². The summed E-state index contributed by atoms with van der Waals surface area (Å²) in [6, 6.07) is 6.01. The van der Waals surface area contributed by atoms with Gasteiger partial charge in [0.25, 0.3) is 5.91 Å². The predicted octanol–water partition coefficient (Wildman–Crippen LogP) is 3.00. The summed E-state index contributed by atoms with van der Waals surface area (Å²) in [5.74, 6) is -4.03. The van der Waals surface area contributed by atoms with Gasteiger partial charge in [0.05, 0.1) is 24.5 Å². The summed E-state index contributed by atoms with van der Waals surface area (Å²) in [6.45, 7) is 0. The number of rotatable bonds is 4. The first-order valence-electron chi connectivity index (χ1n) is 6.98. The Kier molecular flexibility index (Phi) is 5.53. The Bertz CT molecular complexity index is 853. The van der Waals surface area contributed by atoms with Crippen LogP contribution in [-0.2, 0) is 4.74 Å². The number of methoxy groups -OCH3 is 1. The van der Waals surface area contributed by atoms with Crippen LogP contribution in [0.15, 0.2) is 41.5 Å². The summed E-state index contributed by atoms with van der Waals surface area (Å²) in [5.41, 5.74) is -0.489. The molecule has 0 aliphatic heterocycles. The number of carbonyl (C=O) groups excluding carboxylic acids is 2. The van der Waals surface area contributed by atoms with Crippen molar-refractivity contribution < 1.29 is 27.5 Å². The summed E-state index contributed by atoms with van der Waals surface area (Å²) < 4.78 is 45.1. The topological polar surface area (TPSA) is 59.0 Å². The van der Waals surface area contributed by atoms with Gasteiger partial charge in [-0.15, -0.1) is 0 Å². The maximum absolute atomic E-state index is 13.9. The van der Waals surface area contributed by atoms with Crippen LogP contribution in [0.1, 0.15) is 26.3 Å². The van der Waals surface area contributed by atoms with Gasteiger partial charge >= 0.3 is 5.97 Å². The van der Waals surface area contributed by atoms with Gasteiger partial charge in [0, 0.05) is 12.6 Å². The van der Waals surface area contributed by atoms with Crippen LogP contribution < -0.4 is 0 Å². The average Bonchev–Trinajstić information content (AvgIpc) is 2.61. The number of esters is 1. The van der Waals surface area contributed by atoms with Crippen LogP contribution in [0, 0.1) is 17.5 Å². The molecule has 0 spiro atoms. The summed E-state index contributed by atoms with van der Waals surface area (Å²) >= 11 is 0. The fourth-order valence-corrected chi connectivity index (χ4v) is 1.91. The highest BCUT2D eigenvalue weighted by Crippen LogP contribution is 2.13. The number of hydrogen-bond acceptors (Lipinski definition) is 4. The zero-order valence-corrected chi connectivity index (χ0v) is 13.3. The van der Waals surface area contributed by atoms with Crippen molar-refractivity contribution in [1.82, 2.24) is 5.01 Å². The second-order valence-electron chi connectivity index (χ2n) is 4.93. The lowest BCUT2D eigenvalue weighted by molar-refractivity contribution is 0.0600. The van der Waals surface area contributed by atoms with Gasteiger partial charge in [-0.05, 0) is 36.4 Å². The molecular weight excluding hydrogens is 337 g/mol. The highest BCUT2D eigenvalue weighted by atomic mass is 19.1. The number of hydrazone groups is 1. The number of halogens is 3. The Labute approximate surface area is 141 Å². The number of benzene rings is 2. The Balaban J connectivity index is 2.19. The molecule has 2 rings (SSSR count). The molecule has 0 saturated heterocycles. The molecule has 0 aliphatic carbocycles. The van der Waals surface area contributed by atoms with E-state index in [9.17, 15) is 22.8 Å². The Morgan fingerprint density at radius 1 is 1.08 bits per heavy atom. The summed E-state index contributed by atoms with van der Waals surface area (Å²) in [5, 5.41) is 4.45. The van der Waals surface area contributed by atoms with Crippen LogP contribution in [0.25, 0.3) is 0 Å². The molecule has 1 amide bonds. The van der Waals surface area contributed by atoms with Crippen LogP contribution in [0.3, 0.4) is 0 Å². The minimum absolute atomic E-state index is 0.00739. The van der Waals surface area contributed by atoms with E-state index < -0.39 is 34.9 Å². The van der Waals surface area contributed by atoms with Crippen molar-refractivity contribution in [3.8, 4) is 0 Å². The van der Waals surface area contributed by atoms with E-state index in [1.54, 1.807) is 0 Å². The number of amides is 1. The molecule has 0 N–H and O–H groups in total. The van der Waals surface area contributed by atoms with E-state index in [0.717, 1.165) is 35.5 Å². The SMILES string of the molecule is COC(=O)c1ccc(/C=N/N(C)C(=O)c2cc(F)ccc2F)c(F)c1. The number of hydrogen-bond donors (Lipinski definition) is 0. The first-order chi connectivity index (χ1) is 11.8.